The predicted octanol–water partition coefficient (Wildman–Crippen LogP) is 0.980. The van der Waals surface area contributed by atoms with Gasteiger partial charge < -0.3 is 24.7 Å². The molecule has 2 saturated heterocycles. The third kappa shape index (κ3) is 5.30. The summed E-state index contributed by atoms with van der Waals surface area (Å²) < 4.78 is 5.35. The zero-order valence-corrected chi connectivity index (χ0v) is 19.1. The molecule has 3 atom stereocenters. The molecule has 3 amide bonds. The molecule has 0 aromatic heterocycles. The van der Waals surface area contributed by atoms with E-state index in [9.17, 15) is 24.6 Å². The maximum absolute atomic E-state index is 12.8. The molecule has 180 valence electrons. The van der Waals surface area contributed by atoms with Gasteiger partial charge in [-0.2, -0.15) is 0 Å². The van der Waals surface area contributed by atoms with Crippen molar-refractivity contribution in [1.29, 1.82) is 0 Å². The van der Waals surface area contributed by atoms with Crippen molar-refractivity contribution in [2.24, 2.45) is 5.41 Å². The molecule has 3 fully saturated rings. The molecule has 4 rings (SSSR count). The predicted molar refractivity (Wildman–Crippen MR) is 119 cm³/mol. The molecule has 1 saturated carbocycles. The zero-order valence-electron chi connectivity index (χ0n) is 19.1. The SMILES string of the molecule is C[C@H]1C(=O)N(CC(O)CC(=O)N2CCC3(CC3)[C@H](O)C2)CCN1C(=O)OCc1ccccc1. The molecule has 1 aromatic rings. The number of carbonyl (C=O) groups excluding carboxylic acids is 3. The van der Waals surface area contributed by atoms with Crippen LogP contribution in [-0.2, 0) is 20.9 Å². The summed E-state index contributed by atoms with van der Waals surface area (Å²) in [6, 6.07) is 8.61. The summed E-state index contributed by atoms with van der Waals surface area (Å²) in [5, 5.41) is 20.8. The molecule has 2 aliphatic heterocycles. The van der Waals surface area contributed by atoms with Crippen LogP contribution in [0.1, 0.15) is 38.2 Å². The van der Waals surface area contributed by atoms with E-state index in [4.69, 9.17) is 4.74 Å². The number of aliphatic hydroxyl groups excluding tert-OH is 2. The maximum atomic E-state index is 12.8. The molecule has 1 spiro atoms. The van der Waals surface area contributed by atoms with Crippen molar-refractivity contribution in [3.05, 3.63) is 35.9 Å². The fourth-order valence-electron chi connectivity index (χ4n) is 4.80. The van der Waals surface area contributed by atoms with Gasteiger partial charge in [-0.25, -0.2) is 4.79 Å². The van der Waals surface area contributed by atoms with Gasteiger partial charge in [0, 0.05) is 32.7 Å². The lowest BCUT2D eigenvalue weighted by Gasteiger charge is -2.39. The highest BCUT2D eigenvalue weighted by molar-refractivity contribution is 5.86. The van der Waals surface area contributed by atoms with Gasteiger partial charge in [-0.1, -0.05) is 30.3 Å². The summed E-state index contributed by atoms with van der Waals surface area (Å²) in [6.45, 7) is 3.27. The monoisotopic (exact) mass is 459 g/mol. The molecule has 1 aromatic carbocycles. The quantitative estimate of drug-likeness (QED) is 0.656. The third-order valence-corrected chi connectivity index (χ3v) is 7.25. The number of aliphatic hydroxyl groups is 2. The van der Waals surface area contributed by atoms with E-state index in [1.807, 2.05) is 30.3 Å². The minimum atomic E-state index is -1.00. The Morgan fingerprint density at radius 2 is 1.88 bits per heavy atom. The number of nitrogens with zero attached hydrogens (tertiary/aromatic N) is 3. The third-order valence-electron chi connectivity index (χ3n) is 7.25. The Hall–Kier alpha value is -2.65. The van der Waals surface area contributed by atoms with Crippen molar-refractivity contribution in [1.82, 2.24) is 14.7 Å². The van der Waals surface area contributed by atoms with Crippen LogP contribution in [0, 0.1) is 5.41 Å². The summed E-state index contributed by atoms with van der Waals surface area (Å²) in [7, 11) is 0. The van der Waals surface area contributed by atoms with E-state index >= 15 is 0 Å². The smallest absolute Gasteiger partial charge is 0.410 e. The van der Waals surface area contributed by atoms with E-state index in [-0.39, 0.29) is 43.3 Å². The second-order valence-electron chi connectivity index (χ2n) is 9.52. The van der Waals surface area contributed by atoms with Crippen molar-refractivity contribution in [3.8, 4) is 0 Å². The van der Waals surface area contributed by atoms with Gasteiger partial charge in [-0.05, 0) is 37.2 Å². The second kappa shape index (κ2) is 9.69. The van der Waals surface area contributed by atoms with Crippen LogP contribution < -0.4 is 0 Å². The summed E-state index contributed by atoms with van der Waals surface area (Å²) in [4.78, 5) is 42.3. The number of rotatable bonds is 6. The number of amides is 3. The number of ether oxygens (including phenoxy) is 1. The van der Waals surface area contributed by atoms with Crippen LogP contribution in [0.15, 0.2) is 30.3 Å². The number of benzene rings is 1. The van der Waals surface area contributed by atoms with Crippen LogP contribution in [0.4, 0.5) is 4.79 Å². The number of β-amino-alcohol motifs (C(OH)–C–C–N with tert-alkyl or cyclic N) is 2. The highest BCUT2D eigenvalue weighted by Crippen LogP contribution is 2.53. The fraction of sp³-hybridized carbons (Fsp3) is 0.625. The number of piperazine rings is 1. The highest BCUT2D eigenvalue weighted by Gasteiger charge is 2.51. The van der Waals surface area contributed by atoms with Crippen LogP contribution in [0.5, 0.6) is 0 Å². The van der Waals surface area contributed by atoms with Crippen molar-refractivity contribution in [3.63, 3.8) is 0 Å². The Bertz CT molecular complexity index is 874. The first-order valence-corrected chi connectivity index (χ1v) is 11.7. The molecular formula is C24H33N3O6. The summed E-state index contributed by atoms with van der Waals surface area (Å²) in [5.74, 6) is -0.492. The first-order chi connectivity index (χ1) is 15.8. The fourth-order valence-corrected chi connectivity index (χ4v) is 4.80. The Morgan fingerprint density at radius 3 is 2.55 bits per heavy atom. The Balaban J connectivity index is 1.22. The van der Waals surface area contributed by atoms with E-state index < -0.39 is 24.3 Å². The summed E-state index contributed by atoms with van der Waals surface area (Å²) in [5.41, 5.74) is 0.879. The lowest BCUT2D eigenvalue weighted by Crippen LogP contribution is -2.59. The lowest BCUT2D eigenvalue weighted by molar-refractivity contribution is -0.144. The molecule has 33 heavy (non-hydrogen) atoms. The van der Waals surface area contributed by atoms with Gasteiger partial charge in [0.05, 0.1) is 18.6 Å². The molecule has 9 heteroatoms. The van der Waals surface area contributed by atoms with Gasteiger partial charge in [-0.3, -0.25) is 14.5 Å². The van der Waals surface area contributed by atoms with Crippen molar-refractivity contribution in [2.45, 2.75) is 57.5 Å². The average Bonchev–Trinajstić information content (AvgIpc) is 3.58. The number of hydrogen-bond acceptors (Lipinski definition) is 6. The summed E-state index contributed by atoms with van der Waals surface area (Å²) in [6.07, 6.45) is 0.695. The van der Waals surface area contributed by atoms with Crippen LogP contribution in [0.2, 0.25) is 0 Å². The van der Waals surface area contributed by atoms with Gasteiger partial charge in [0.2, 0.25) is 11.8 Å². The molecule has 9 nitrogen and oxygen atoms in total. The lowest BCUT2D eigenvalue weighted by atomic mass is 9.90. The minimum absolute atomic E-state index is 0.0138. The van der Waals surface area contributed by atoms with E-state index in [0.29, 0.717) is 19.6 Å². The van der Waals surface area contributed by atoms with Gasteiger partial charge in [0.15, 0.2) is 0 Å². The van der Waals surface area contributed by atoms with E-state index in [1.165, 1.54) is 9.80 Å². The van der Waals surface area contributed by atoms with Crippen molar-refractivity contribution < 1.29 is 29.3 Å². The molecule has 2 N–H and O–H groups in total. The molecule has 1 aliphatic carbocycles. The van der Waals surface area contributed by atoms with Crippen LogP contribution in [0.25, 0.3) is 0 Å². The van der Waals surface area contributed by atoms with Crippen molar-refractivity contribution in [2.75, 3.05) is 32.7 Å². The maximum Gasteiger partial charge on any atom is 0.410 e. The van der Waals surface area contributed by atoms with Crippen LogP contribution in [0.3, 0.4) is 0 Å². The largest absolute Gasteiger partial charge is 0.445 e. The van der Waals surface area contributed by atoms with Gasteiger partial charge in [-0.15, -0.1) is 0 Å². The Kier molecular flexibility index (Phi) is 6.90. The van der Waals surface area contributed by atoms with E-state index in [0.717, 1.165) is 24.8 Å². The summed E-state index contributed by atoms with van der Waals surface area (Å²) >= 11 is 0. The van der Waals surface area contributed by atoms with Gasteiger partial charge >= 0.3 is 6.09 Å². The number of likely N-dealkylation sites (tertiary alicyclic amines) is 1. The highest BCUT2D eigenvalue weighted by atomic mass is 16.6. The number of carbonyl (C=O) groups is 3. The number of piperidine rings is 1. The molecule has 3 aliphatic rings. The van der Waals surface area contributed by atoms with Gasteiger partial charge in [0.25, 0.3) is 0 Å². The van der Waals surface area contributed by atoms with Gasteiger partial charge in [0.1, 0.15) is 12.6 Å². The first-order valence-electron chi connectivity index (χ1n) is 11.7. The van der Waals surface area contributed by atoms with Crippen LogP contribution in [-0.4, -0.2) is 93.8 Å². The minimum Gasteiger partial charge on any atom is -0.445 e. The molecule has 2 heterocycles. The molecular weight excluding hydrogens is 426 g/mol. The van der Waals surface area contributed by atoms with Crippen LogP contribution >= 0.6 is 0 Å². The van der Waals surface area contributed by atoms with E-state index in [2.05, 4.69) is 0 Å². The van der Waals surface area contributed by atoms with Crippen molar-refractivity contribution >= 4 is 17.9 Å². The normalized spacial score (nSPS) is 25.2. The first kappa shape index (κ1) is 23.5. The second-order valence-corrected chi connectivity index (χ2v) is 9.52. The standard InChI is InChI=1S/C24H33N3O6/c1-17-22(31)26(11-12-27(17)23(32)33-16-18-5-3-2-4-6-18)14-19(28)13-21(30)25-10-9-24(7-8-24)20(29)15-25/h2-6,17,19-20,28-29H,7-16H2,1H3/t17-,19?,20+/m0/s1. The Labute approximate surface area is 193 Å². The Morgan fingerprint density at radius 1 is 1.15 bits per heavy atom. The zero-order chi connectivity index (χ0) is 23.6. The molecule has 0 bridgehead atoms. The number of hydrogen-bond donors (Lipinski definition) is 2. The van der Waals surface area contributed by atoms with E-state index in [1.54, 1.807) is 11.8 Å². The topological polar surface area (TPSA) is 111 Å². The molecule has 1 unspecified atom stereocenters. The molecule has 0 radical (unpaired) electrons. The average molecular weight is 460 g/mol.